The number of likely N-dealkylation sites (tertiary alicyclic amines) is 1. The van der Waals surface area contributed by atoms with Crippen LogP contribution in [0.3, 0.4) is 0 Å². The molecule has 1 N–H and O–H groups in total. The molecule has 3 aromatic rings. The van der Waals surface area contributed by atoms with Gasteiger partial charge in [0.15, 0.2) is 5.13 Å². The van der Waals surface area contributed by atoms with Gasteiger partial charge in [0.2, 0.25) is 0 Å². The van der Waals surface area contributed by atoms with Gasteiger partial charge in [-0.05, 0) is 47.5 Å². The van der Waals surface area contributed by atoms with Gasteiger partial charge in [-0.3, -0.25) is 0 Å². The molecule has 1 aromatic carbocycles. The average Bonchev–Trinajstić information content (AvgIpc) is 3.57. The van der Waals surface area contributed by atoms with E-state index in [-0.39, 0.29) is 11.7 Å². The largest absolute Gasteiger partial charge is 0.444 e. The van der Waals surface area contributed by atoms with Crippen LogP contribution in [0.5, 0.6) is 0 Å². The fraction of sp³-hybridized carbons (Fsp3) is 0.440. The molecular weight excluding hydrogens is 468 g/mol. The molecule has 0 bridgehead atoms. The highest BCUT2D eigenvalue weighted by Crippen LogP contribution is 2.31. The highest BCUT2D eigenvalue weighted by molar-refractivity contribution is 7.16. The molecule has 34 heavy (non-hydrogen) atoms. The Morgan fingerprint density at radius 3 is 1.94 bits per heavy atom. The number of aryl methyl sites for hydroxylation is 2. The number of nitrogens with zero attached hydrogens (tertiary/aromatic N) is 3. The van der Waals surface area contributed by atoms with Gasteiger partial charge >= 0.3 is 6.09 Å². The van der Waals surface area contributed by atoms with Crippen molar-refractivity contribution >= 4 is 40.7 Å². The summed E-state index contributed by atoms with van der Waals surface area (Å²) in [6.45, 7) is 13.4. The van der Waals surface area contributed by atoms with Crippen LogP contribution in [0.15, 0.2) is 41.8 Å². The Bertz CT molecular complexity index is 935. The Kier molecular flexibility index (Phi) is 13.1. The molecule has 0 radical (unpaired) electrons. The molecule has 1 saturated heterocycles. The molecule has 1 aliphatic heterocycles. The minimum absolute atomic E-state index is 0.167. The maximum Gasteiger partial charge on any atom is 0.410 e. The fourth-order valence-corrected chi connectivity index (χ4v) is 4.49. The molecule has 0 aliphatic carbocycles. The van der Waals surface area contributed by atoms with Gasteiger partial charge in [0, 0.05) is 25.5 Å². The minimum Gasteiger partial charge on any atom is -0.444 e. The molecule has 1 fully saturated rings. The monoisotopic (exact) mass is 504 g/mol. The third-order valence-electron chi connectivity index (χ3n) is 4.28. The molecule has 7 nitrogen and oxygen atoms in total. The van der Waals surface area contributed by atoms with Gasteiger partial charge in [0.25, 0.3) is 0 Å². The molecule has 186 valence electrons. The zero-order chi connectivity index (χ0) is 25.6. The number of carbonyl (C=O) groups excluding carboxylic acids is 2. The number of hydrogen-bond acceptors (Lipinski definition) is 8. The van der Waals surface area contributed by atoms with E-state index in [1.54, 1.807) is 27.6 Å². The highest BCUT2D eigenvalue weighted by Gasteiger charge is 2.23. The van der Waals surface area contributed by atoms with Crippen molar-refractivity contribution in [1.82, 2.24) is 14.9 Å². The van der Waals surface area contributed by atoms with Gasteiger partial charge in [0.1, 0.15) is 12.4 Å². The standard InChI is InChI=1S/C9H11N3S2.C9H17NO2.C6H6.CH2O/c1-5-8(14-6(2)11-5)7-4-13-9(10-3)12-7;1-9(2,3)12-8(11)10-6-4-5-7-10;1-2-4-6-5-3-1;1-2/h4H,1-3H3,(H,10,12);4-7H2,1-3H3;1-6H;1H2. The molecule has 9 heteroatoms. The Hall–Kier alpha value is -2.78. The lowest BCUT2D eigenvalue weighted by molar-refractivity contribution is -0.0980. The quantitative estimate of drug-likeness (QED) is 0.432. The van der Waals surface area contributed by atoms with Crippen molar-refractivity contribution in [1.29, 1.82) is 0 Å². The number of hydrogen-bond donors (Lipinski definition) is 1. The number of aromatic nitrogens is 2. The van der Waals surface area contributed by atoms with Gasteiger partial charge in [-0.25, -0.2) is 14.8 Å². The summed E-state index contributed by atoms with van der Waals surface area (Å²) in [5.41, 5.74) is 1.74. The van der Waals surface area contributed by atoms with Gasteiger partial charge in [-0.1, -0.05) is 36.4 Å². The number of anilines is 1. The van der Waals surface area contributed by atoms with Crippen molar-refractivity contribution in [3.8, 4) is 10.6 Å². The summed E-state index contributed by atoms with van der Waals surface area (Å²) in [5.74, 6) is 0. The van der Waals surface area contributed by atoms with Crippen LogP contribution in [0.25, 0.3) is 10.6 Å². The van der Waals surface area contributed by atoms with Gasteiger partial charge < -0.3 is 19.7 Å². The van der Waals surface area contributed by atoms with Gasteiger partial charge in [0.05, 0.1) is 21.3 Å². The lowest BCUT2D eigenvalue weighted by Crippen LogP contribution is -2.34. The summed E-state index contributed by atoms with van der Waals surface area (Å²) in [7, 11) is 1.88. The Morgan fingerprint density at radius 2 is 1.56 bits per heavy atom. The van der Waals surface area contributed by atoms with Gasteiger partial charge in [-0.2, -0.15) is 0 Å². The van der Waals surface area contributed by atoms with Crippen LogP contribution in [0, 0.1) is 13.8 Å². The summed E-state index contributed by atoms with van der Waals surface area (Å²) in [5, 5.41) is 7.14. The summed E-state index contributed by atoms with van der Waals surface area (Å²) in [6.07, 6.45) is 2.05. The molecule has 0 spiro atoms. The summed E-state index contributed by atoms with van der Waals surface area (Å²) in [4.78, 5) is 31.2. The van der Waals surface area contributed by atoms with Crippen LogP contribution in [-0.2, 0) is 9.53 Å². The molecule has 0 atom stereocenters. The van der Waals surface area contributed by atoms with Crippen molar-refractivity contribution in [2.75, 3.05) is 25.5 Å². The number of ether oxygens (including phenoxy) is 1. The van der Waals surface area contributed by atoms with Crippen molar-refractivity contribution in [3.05, 3.63) is 52.5 Å². The molecule has 1 amide bonds. The van der Waals surface area contributed by atoms with E-state index in [0.717, 1.165) is 47.5 Å². The minimum atomic E-state index is -0.361. The first-order valence-corrected chi connectivity index (χ1v) is 12.7. The normalized spacial score (nSPS) is 12.2. The summed E-state index contributed by atoms with van der Waals surface area (Å²) < 4.78 is 5.21. The van der Waals surface area contributed by atoms with Crippen LogP contribution >= 0.6 is 22.7 Å². The maximum atomic E-state index is 11.4. The number of carbonyl (C=O) groups is 2. The first kappa shape index (κ1) is 29.3. The van der Waals surface area contributed by atoms with Crippen molar-refractivity contribution in [3.63, 3.8) is 0 Å². The maximum absolute atomic E-state index is 11.4. The zero-order valence-electron chi connectivity index (χ0n) is 21.0. The third kappa shape index (κ3) is 10.9. The number of thiazole rings is 2. The van der Waals surface area contributed by atoms with Crippen molar-refractivity contribution in [2.24, 2.45) is 0 Å². The first-order valence-electron chi connectivity index (χ1n) is 11.0. The van der Waals surface area contributed by atoms with E-state index < -0.39 is 0 Å². The Balaban J connectivity index is 0.000000262. The van der Waals surface area contributed by atoms with Crippen LogP contribution in [0.1, 0.15) is 44.3 Å². The van der Waals surface area contributed by atoms with Gasteiger partial charge in [-0.15, -0.1) is 22.7 Å². The number of amides is 1. The van der Waals surface area contributed by atoms with E-state index >= 15 is 0 Å². The smallest absolute Gasteiger partial charge is 0.410 e. The molecule has 4 rings (SSSR count). The molecule has 0 saturated carbocycles. The van der Waals surface area contributed by atoms with Crippen LogP contribution in [0.2, 0.25) is 0 Å². The lowest BCUT2D eigenvalue weighted by atomic mass is 10.2. The van der Waals surface area contributed by atoms with Crippen LogP contribution in [0.4, 0.5) is 9.93 Å². The van der Waals surface area contributed by atoms with Crippen LogP contribution < -0.4 is 5.32 Å². The number of nitrogens with one attached hydrogen (secondary N) is 1. The zero-order valence-corrected chi connectivity index (χ0v) is 22.6. The predicted octanol–water partition coefficient (Wildman–Crippen LogP) is 6.44. The fourth-order valence-electron chi connectivity index (χ4n) is 2.87. The van der Waals surface area contributed by atoms with E-state index in [4.69, 9.17) is 9.53 Å². The van der Waals surface area contributed by atoms with E-state index in [1.807, 2.05) is 84.9 Å². The van der Waals surface area contributed by atoms with E-state index in [0.29, 0.717) is 0 Å². The summed E-state index contributed by atoms with van der Waals surface area (Å²) in [6, 6.07) is 12.0. The SMILES string of the molecule is C=O.CC(C)(C)OC(=O)N1CCCC1.CNc1nc(-c2sc(C)nc2C)cs1.c1ccccc1. The molecule has 0 unspecified atom stereocenters. The second kappa shape index (κ2) is 15.2. The molecule has 1 aliphatic rings. The highest BCUT2D eigenvalue weighted by atomic mass is 32.1. The first-order chi connectivity index (χ1) is 16.2. The second-order valence-corrected chi connectivity index (χ2v) is 10.3. The molecule has 3 heterocycles. The third-order valence-corrected chi connectivity index (χ3v) is 6.23. The Morgan fingerprint density at radius 1 is 1.03 bits per heavy atom. The van der Waals surface area contributed by atoms with E-state index in [2.05, 4.69) is 20.7 Å². The Labute approximate surface area is 211 Å². The summed E-state index contributed by atoms with van der Waals surface area (Å²) >= 11 is 3.32. The predicted molar refractivity (Wildman–Crippen MR) is 143 cm³/mol. The van der Waals surface area contributed by atoms with Crippen molar-refractivity contribution < 1.29 is 14.3 Å². The van der Waals surface area contributed by atoms with E-state index in [9.17, 15) is 4.79 Å². The van der Waals surface area contributed by atoms with Crippen LogP contribution in [-0.4, -0.2) is 53.5 Å². The van der Waals surface area contributed by atoms with E-state index in [1.165, 1.54) is 4.88 Å². The molecular formula is C25H36N4O3S2. The molecule has 2 aromatic heterocycles. The topological polar surface area (TPSA) is 84.4 Å². The van der Waals surface area contributed by atoms with Crippen molar-refractivity contribution in [2.45, 2.75) is 53.1 Å². The second-order valence-electron chi connectivity index (χ2n) is 8.26. The average molecular weight is 505 g/mol. The number of benzene rings is 1. The number of rotatable bonds is 2. The lowest BCUT2D eigenvalue weighted by Gasteiger charge is -2.23.